The number of fused-ring (bicyclic) bond motifs is 1. The van der Waals surface area contributed by atoms with E-state index in [1.165, 1.54) is 12.3 Å². The third-order valence-corrected chi connectivity index (χ3v) is 9.87. The molecule has 1 aliphatic heterocycles. The smallest absolute Gasteiger partial charge is 0.294 e. The van der Waals surface area contributed by atoms with Crippen molar-refractivity contribution < 1.29 is 14.3 Å². The first-order valence-electron chi connectivity index (χ1n) is 13.6. The highest BCUT2D eigenvalue weighted by Gasteiger charge is 2.45. The fourth-order valence-electron chi connectivity index (χ4n) is 5.96. The predicted molar refractivity (Wildman–Crippen MR) is 166 cm³/mol. The lowest BCUT2D eigenvalue weighted by Gasteiger charge is -2.47. The third kappa shape index (κ3) is 5.42. The zero-order valence-corrected chi connectivity index (χ0v) is 24.8. The Hall–Kier alpha value is -4.08. The topological polar surface area (TPSA) is 143 Å². The fraction of sp³-hybridized carbons (Fsp3) is 0.310. The Balaban J connectivity index is 1.25. The van der Waals surface area contributed by atoms with Gasteiger partial charge in [0.1, 0.15) is 23.6 Å². The number of benzene rings is 2. The van der Waals surface area contributed by atoms with Crippen LogP contribution in [-0.4, -0.2) is 52.1 Å². The van der Waals surface area contributed by atoms with E-state index in [4.69, 9.17) is 11.6 Å². The normalized spacial score (nSPS) is 16.4. The van der Waals surface area contributed by atoms with Crippen LogP contribution in [0.2, 0.25) is 5.02 Å². The number of anilines is 5. The van der Waals surface area contributed by atoms with Gasteiger partial charge in [0.05, 0.1) is 22.3 Å². The molecular weight excluding hydrogens is 577 g/mol. The summed E-state index contributed by atoms with van der Waals surface area (Å²) in [6.07, 6.45) is 6.07. The van der Waals surface area contributed by atoms with Gasteiger partial charge < -0.3 is 20.1 Å². The predicted octanol–water partition coefficient (Wildman–Crippen LogP) is 6.27. The molecule has 216 valence electrons. The molecule has 2 N–H and O–H groups in total. The number of nitro groups is 1. The molecule has 42 heavy (non-hydrogen) atoms. The minimum Gasteiger partial charge on any atom is -0.366 e. The number of ketones is 1. The van der Waals surface area contributed by atoms with Crippen LogP contribution in [0, 0.1) is 15.5 Å². The van der Waals surface area contributed by atoms with E-state index in [0.29, 0.717) is 54.1 Å². The van der Waals surface area contributed by atoms with E-state index < -0.39 is 12.1 Å². The van der Waals surface area contributed by atoms with Gasteiger partial charge in [0.15, 0.2) is 5.82 Å². The Morgan fingerprint density at radius 1 is 1.07 bits per heavy atom. The second kappa shape index (κ2) is 10.6. The molecule has 6 rings (SSSR count). The van der Waals surface area contributed by atoms with Crippen LogP contribution in [0.4, 0.5) is 34.5 Å². The summed E-state index contributed by atoms with van der Waals surface area (Å²) in [4.78, 5) is 38.4. The van der Waals surface area contributed by atoms with Crippen LogP contribution in [0.1, 0.15) is 25.7 Å². The maximum atomic E-state index is 13.3. The van der Waals surface area contributed by atoms with Crippen molar-refractivity contribution in [1.82, 2.24) is 15.0 Å². The van der Waals surface area contributed by atoms with Crippen LogP contribution in [0.25, 0.3) is 10.9 Å². The summed E-state index contributed by atoms with van der Waals surface area (Å²) in [6, 6.07) is 12.3. The molecular formula is C29H29ClN7O4P. The van der Waals surface area contributed by atoms with Crippen LogP contribution >= 0.6 is 18.7 Å². The summed E-state index contributed by atoms with van der Waals surface area (Å²) in [5.74, 6) is 0.770. The lowest BCUT2D eigenvalue weighted by Crippen LogP contribution is -2.47. The van der Waals surface area contributed by atoms with Crippen LogP contribution in [-0.2, 0) is 9.36 Å². The van der Waals surface area contributed by atoms with E-state index in [9.17, 15) is 19.5 Å². The van der Waals surface area contributed by atoms with Crippen molar-refractivity contribution in [2.45, 2.75) is 25.7 Å². The van der Waals surface area contributed by atoms with Crippen molar-refractivity contribution >= 4 is 75.2 Å². The minimum absolute atomic E-state index is 0.0241. The zero-order chi connectivity index (χ0) is 29.6. The monoisotopic (exact) mass is 605 g/mol. The Morgan fingerprint density at radius 3 is 2.52 bits per heavy atom. The summed E-state index contributed by atoms with van der Waals surface area (Å²) in [6.45, 7) is 4.74. The van der Waals surface area contributed by atoms with E-state index in [0.717, 1.165) is 23.7 Å². The SMILES string of the molecule is CP(C)(=O)c1c(Nc2nc(Nc3ccc(N4CCC5(CC4)CC(=O)C5)c([N+](=O)[O-])c3)ncc2Cl)ccc2ncccc12. The molecule has 1 aliphatic carbocycles. The number of hydrogen-bond donors (Lipinski definition) is 2. The van der Waals surface area contributed by atoms with Gasteiger partial charge >= 0.3 is 0 Å². The van der Waals surface area contributed by atoms with Gasteiger partial charge in [0.2, 0.25) is 5.95 Å². The highest BCUT2D eigenvalue weighted by molar-refractivity contribution is 7.71. The van der Waals surface area contributed by atoms with E-state index in [-0.39, 0.29) is 27.9 Å². The van der Waals surface area contributed by atoms with Gasteiger partial charge in [-0.1, -0.05) is 17.7 Å². The molecule has 0 radical (unpaired) electrons. The second-order valence-corrected chi connectivity index (χ2v) is 14.9. The molecule has 1 saturated heterocycles. The van der Waals surface area contributed by atoms with Crippen molar-refractivity contribution in [3.8, 4) is 0 Å². The highest BCUT2D eigenvalue weighted by atomic mass is 35.5. The third-order valence-electron chi connectivity index (χ3n) is 8.03. The van der Waals surface area contributed by atoms with E-state index in [1.807, 2.05) is 17.0 Å². The molecule has 3 heterocycles. The minimum atomic E-state index is -2.75. The van der Waals surface area contributed by atoms with Crippen molar-refractivity contribution in [1.29, 1.82) is 0 Å². The average Bonchev–Trinajstić information content (AvgIpc) is 2.94. The molecule has 1 spiro atoms. The number of hydrogen-bond acceptors (Lipinski definition) is 10. The van der Waals surface area contributed by atoms with Gasteiger partial charge in [-0.2, -0.15) is 4.98 Å². The number of nitro benzene ring substituents is 1. The first kappa shape index (κ1) is 28.1. The zero-order valence-electron chi connectivity index (χ0n) is 23.1. The Morgan fingerprint density at radius 2 is 1.83 bits per heavy atom. The van der Waals surface area contributed by atoms with Crippen molar-refractivity contribution in [3.05, 3.63) is 70.0 Å². The molecule has 0 unspecified atom stereocenters. The molecule has 2 aliphatic rings. The molecule has 2 aromatic carbocycles. The highest BCUT2D eigenvalue weighted by Crippen LogP contribution is 2.48. The maximum absolute atomic E-state index is 13.3. The molecule has 0 atom stereocenters. The largest absolute Gasteiger partial charge is 0.366 e. The Bertz CT molecular complexity index is 1780. The second-order valence-electron chi connectivity index (χ2n) is 11.4. The standard InChI is InChI=1S/C29H29ClN7O4P/c1-42(2,41)26-20-4-3-11-31-22(20)6-7-23(26)34-27-21(30)17-32-28(35-27)33-18-5-8-24(25(14-18)37(39)40)36-12-9-29(10-13-36)15-19(38)16-29/h3-8,11,14,17H,9-10,12-13,15-16H2,1-2H3,(H2,32,33,34,35). The number of aromatic nitrogens is 3. The van der Waals surface area contributed by atoms with Gasteiger partial charge in [-0.05, 0) is 61.9 Å². The van der Waals surface area contributed by atoms with Gasteiger partial charge in [-0.15, -0.1) is 0 Å². The fourth-order valence-corrected chi connectivity index (χ4v) is 7.58. The summed E-state index contributed by atoms with van der Waals surface area (Å²) in [7, 11) is -2.75. The number of rotatable bonds is 7. The molecule has 2 aromatic heterocycles. The molecule has 0 bridgehead atoms. The van der Waals surface area contributed by atoms with Gasteiger partial charge in [0, 0.05) is 54.6 Å². The first-order chi connectivity index (χ1) is 20.0. The summed E-state index contributed by atoms with van der Waals surface area (Å²) in [5, 5.41) is 19.9. The molecule has 2 fully saturated rings. The van der Waals surface area contributed by atoms with Gasteiger partial charge in [-0.25, -0.2) is 4.98 Å². The molecule has 13 heteroatoms. The van der Waals surface area contributed by atoms with E-state index in [1.54, 1.807) is 43.8 Å². The number of nitrogens with one attached hydrogen (secondary N) is 2. The van der Waals surface area contributed by atoms with Gasteiger partial charge in [-0.3, -0.25) is 19.9 Å². The lowest BCUT2D eigenvalue weighted by atomic mass is 9.62. The number of carbonyl (C=O) groups excluding carboxylic acids is 1. The van der Waals surface area contributed by atoms with E-state index >= 15 is 0 Å². The Labute approximate surface area is 247 Å². The van der Waals surface area contributed by atoms with Crippen LogP contribution in [0.3, 0.4) is 0 Å². The summed E-state index contributed by atoms with van der Waals surface area (Å²) >= 11 is 6.44. The lowest BCUT2D eigenvalue weighted by molar-refractivity contribution is -0.384. The quantitative estimate of drug-likeness (QED) is 0.140. The average molecular weight is 606 g/mol. The van der Waals surface area contributed by atoms with Crippen molar-refractivity contribution in [2.24, 2.45) is 5.41 Å². The van der Waals surface area contributed by atoms with Crippen LogP contribution < -0.4 is 20.8 Å². The number of pyridine rings is 1. The Kier molecular flexibility index (Phi) is 7.11. The summed E-state index contributed by atoms with van der Waals surface area (Å²) in [5.41, 5.74) is 2.37. The van der Waals surface area contributed by atoms with Crippen LogP contribution in [0.15, 0.2) is 54.9 Å². The van der Waals surface area contributed by atoms with Gasteiger partial charge in [0.25, 0.3) is 5.69 Å². The number of halogens is 1. The molecule has 1 saturated carbocycles. The van der Waals surface area contributed by atoms with Crippen molar-refractivity contribution in [2.75, 3.05) is 42.0 Å². The van der Waals surface area contributed by atoms with Crippen molar-refractivity contribution in [3.63, 3.8) is 0 Å². The first-order valence-corrected chi connectivity index (χ1v) is 16.5. The number of carbonyl (C=O) groups is 1. The van der Waals surface area contributed by atoms with E-state index in [2.05, 4.69) is 25.6 Å². The molecule has 11 nitrogen and oxygen atoms in total. The molecule has 0 amide bonds. The maximum Gasteiger partial charge on any atom is 0.294 e. The number of piperidine rings is 1. The number of nitrogens with zero attached hydrogens (tertiary/aromatic N) is 5. The number of Topliss-reactive ketones (excluding diaryl/α,β-unsaturated/α-hetero) is 1. The van der Waals surface area contributed by atoms with Crippen LogP contribution in [0.5, 0.6) is 0 Å². The molecule has 4 aromatic rings. The summed E-state index contributed by atoms with van der Waals surface area (Å²) < 4.78 is 13.3.